The minimum Gasteiger partial charge on any atom is -0.395 e. The molecule has 0 bridgehead atoms. The van der Waals surface area contributed by atoms with Gasteiger partial charge in [-0.15, -0.1) is 0 Å². The monoisotopic (exact) mass is 399 g/mol. The Morgan fingerprint density at radius 1 is 1.04 bits per heavy atom. The first kappa shape index (κ1) is 20.8. The van der Waals surface area contributed by atoms with Crippen molar-refractivity contribution < 1.29 is 18.6 Å². The van der Waals surface area contributed by atoms with E-state index in [1.807, 2.05) is 9.47 Å². The lowest BCUT2D eigenvalue weighted by molar-refractivity contribution is 0.152. The molecule has 1 aromatic heterocycles. The van der Waals surface area contributed by atoms with Crippen LogP contribution in [0.3, 0.4) is 0 Å². The van der Waals surface area contributed by atoms with Gasteiger partial charge in [-0.05, 0) is 37.5 Å². The van der Waals surface area contributed by atoms with Crippen molar-refractivity contribution in [2.45, 2.75) is 63.2 Å². The summed E-state index contributed by atoms with van der Waals surface area (Å²) in [6, 6.07) is 0. The molecule has 1 heterocycles. The third kappa shape index (κ3) is 5.76. The molecule has 0 saturated heterocycles. The average molecular weight is 400 g/mol. The van der Waals surface area contributed by atoms with Crippen LogP contribution in [0.5, 0.6) is 0 Å². The van der Waals surface area contributed by atoms with Crippen LogP contribution in [0.2, 0.25) is 0 Å². The predicted octanol–water partition coefficient (Wildman–Crippen LogP) is 1.43. The van der Waals surface area contributed by atoms with E-state index in [9.17, 15) is 18.6 Å². The minimum atomic E-state index is -3.38. The van der Waals surface area contributed by atoms with Gasteiger partial charge >= 0.3 is 0 Å². The highest BCUT2D eigenvalue weighted by Gasteiger charge is 2.33. The molecule has 0 aromatic carbocycles. The molecule has 2 aliphatic rings. The van der Waals surface area contributed by atoms with Gasteiger partial charge in [0, 0.05) is 26.2 Å². The van der Waals surface area contributed by atoms with Gasteiger partial charge in [-0.2, -0.15) is 0 Å². The lowest BCUT2D eigenvalue weighted by Gasteiger charge is -2.26. The maximum absolute atomic E-state index is 12.9. The Morgan fingerprint density at radius 3 is 2.30 bits per heavy atom. The van der Waals surface area contributed by atoms with E-state index in [0.717, 1.165) is 31.4 Å². The number of aromatic nitrogens is 2. The quantitative estimate of drug-likeness (QED) is 0.584. The van der Waals surface area contributed by atoms with Gasteiger partial charge in [0.2, 0.25) is 15.0 Å². The van der Waals surface area contributed by atoms with E-state index in [4.69, 9.17) is 0 Å². The molecule has 8 heteroatoms. The fourth-order valence-electron chi connectivity index (χ4n) is 4.04. The van der Waals surface area contributed by atoms with Gasteiger partial charge in [-0.1, -0.05) is 19.3 Å². The standard InChI is InChI=1S/C19H33N3O4S/c23-10-8-21(9-11-24)14-18-12-20-19(27(25,26)15-17-6-7-17)22(18)13-16-4-2-1-3-5-16/h12,16-17,23-24H,1-11,13-15H2. The summed E-state index contributed by atoms with van der Waals surface area (Å²) >= 11 is 0. The summed E-state index contributed by atoms with van der Waals surface area (Å²) in [5.41, 5.74) is 0.858. The van der Waals surface area contributed by atoms with Crippen molar-refractivity contribution in [2.24, 2.45) is 11.8 Å². The molecule has 1 aromatic rings. The first-order valence-corrected chi connectivity index (χ1v) is 11.9. The highest BCUT2D eigenvalue weighted by Crippen LogP contribution is 2.33. The zero-order chi connectivity index (χ0) is 19.3. The van der Waals surface area contributed by atoms with Crippen LogP contribution in [0.4, 0.5) is 0 Å². The molecule has 2 aliphatic carbocycles. The lowest BCUT2D eigenvalue weighted by atomic mass is 9.89. The van der Waals surface area contributed by atoms with E-state index < -0.39 is 9.84 Å². The second kappa shape index (κ2) is 9.49. The van der Waals surface area contributed by atoms with E-state index in [2.05, 4.69) is 4.98 Å². The summed E-state index contributed by atoms with van der Waals surface area (Å²) in [5, 5.41) is 18.8. The fraction of sp³-hybridized carbons (Fsp3) is 0.842. The van der Waals surface area contributed by atoms with Gasteiger partial charge in [0.1, 0.15) is 0 Å². The molecule has 154 valence electrons. The number of sulfone groups is 1. The highest BCUT2D eigenvalue weighted by atomic mass is 32.2. The van der Waals surface area contributed by atoms with Crippen LogP contribution in [-0.2, 0) is 22.9 Å². The molecule has 7 nitrogen and oxygen atoms in total. The van der Waals surface area contributed by atoms with Crippen LogP contribution >= 0.6 is 0 Å². The molecule has 0 aliphatic heterocycles. The summed E-state index contributed by atoms with van der Waals surface area (Å²) in [6.45, 7) is 2.08. The minimum absolute atomic E-state index is 0.00357. The summed E-state index contributed by atoms with van der Waals surface area (Å²) in [5.74, 6) is 0.981. The van der Waals surface area contributed by atoms with E-state index in [0.29, 0.717) is 38.0 Å². The van der Waals surface area contributed by atoms with Crippen molar-refractivity contribution in [2.75, 3.05) is 32.1 Å². The van der Waals surface area contributed by atoms with Gasteiger partial charge in [-0.25, -0.2) is 13.4 Å². The van der Waals surface area contributed by atoms with Gasteiger partial charge in [0.25, 0.3) is 0 Å². The number of imidazole rings is 1. The van der Waals surface area contributed by atoms with Crippen LogP contribution in [-0.4, -0.2) is 65.1 Å². The van der Waals surface area contributed by atoms with Crippen molar-refractivity contribution in [1.29, 1.82) is 0 Å². The number of aliphatic hydroxyl groups excluding tert-OH is 2. The van der Waals surface area contributed by atoms with E-state index >= 15 is 0 Å². The van der Waals surface area contributed by atoms with Crippen molar-refractivity contribution >= 4 is 9.84 Å². The maximum atomic E-state index is 12.9. The Labute approximate surface area is 162 Å². The number of rotatable bonds is 11. The number of nitrogens with zero attached hydrogens (tertiary/aromatic N) is 3. The smallest absolute Gasteiger partial charge is 0.227 e. The first-order chi connectivity index (χ1) is 13.0. The number of aliphatic hydroxyl groups is 2. The van der Waals surface area contributed by atoms with E-state index in [-0.39, 0.29) is 24.1 Å². The molecular formula is C19H33N3O4S. The first-order valence-electron chi connectivity index (χ1n) is 10.2. The summed E-state index contributed by atoms with van der Waals surface area (Å²) in [6.07, 6.45) is 9.62. The van der Waals surface area contributed by atoms with Crippen molar-refractivity contribution in [1.82, 2.24) is 14.5 Å². The number of hydrogen-bond donors (Lipinski definition) is 2. The van der Waals surface area contributed by atoms with Crippen LogP contribution < -0.4 is 0 Å². The van der Waals surface area contributed by atoms with Crippen molar-refractivity contribution in [3.63, 3.8) is 0 Å². The van der Waals surface area contributed by atoms with Crippen molar-refractivity contribution in [3.05, 3.63) is 11.9 Å². The van der Waals surface area contributed by atoms with Gasteiger partial charge in [0.15, 0.2) is 0 Å². The Morgan fingerprint density at radius 2 is 1.70 bits per heavy atom. The van der Waals surface area contributed by atoms with Gasteiger partial charge in [0.05, 0.1) is 30.9 Å². The Bertz CT molecular complexity index is 688. The molecule has 0 atom stereocenters. The lowest BCUT2D eigenvalue weighted by Crippen LogP contribution is -2.31. The van der Waals surface area contributed by atoms with E-state index in [1.165, 1.54) is 19.3 Å². The maximum Gasteiger partial charge on any atom is 0.227 e. The molecule has 0 unspecified atom stereocenters. The second-order valence-electron chi connectivity index (χ2n) is 8.09. The molecule has 2 saturated carbocycles. The molecule has 2 fully saturated rings. The molecule has 0 amide bonds. The third-order valence-corrected chi connectivity index (χ3v) is 7.51. The Kier molecular flexibility index (Phi) is 7.30. The Balaban J connectivity index is 1.84. The van der Waals surface area contributed by atoms with Crippen LogP contribution in [0.15, 0.2) is 11.4 Å². The third-order valence-electron chi connectivity index (χ3n) is 5.72. The summed E-state index contributed by atoms with van der Waals surface area (Å²) in [7, 11) is -3.38. The zero-order valence-electron chi connectivity index (χ0n) is 16.1. The van der Waals surface area contributed by atoms with Crippen molar-refractivity contribution in [3.8, 4) is 0 Å². The molecule has 3 rings (SSSR count). The van der Waals surface area contributed by atoms with Crippen LogP contribution in [0.1, 0.15) is 50.6 Å². The van der Waals surface area contributed by atoms with Crippen LogP contribution in [0.25, 0.3) is 0 Å². The average Bonchev–Trinajstić information content (AvgIpc) is 3.35. The molecular weight excluding hydrogens is 366 g/mol. The second-order valence-corrected chi connectivity index (χ2v) is 10.0. The molecule has 2 N–H and O–H groups in total. The zero-order valence-corrected chi connectivity index (χ0v) is 16.9. The molecule has 27 heavy (non-hydrogen) atoms. The fourth-order valence-corrected chi connectivity index (χ4v) is 5.88. The number of hydrogen-bond acceptors (Lipinski definition) is 6. The molecule has 0 spiro atoms. The van der Waals surface area contributed by atoms with E-state index in [1.54, 1.807) is 6.20 Å². The highest BCUT2D eigenvalue weighted by molar-refractivity contribution is 7.91. The summed E-state index contributed by atoms with van der Waals surface area (Å²) in [4.78, 5) is 6.27. The topological polar surface area (TPSA) is 95.7 Å². The SMILES string of the molecule is O=S(=O)(CC1CC1)c1ncc(CN(CCO)CCO)n1CC1CCCCC1. The predicted molar refractivity (Wildman–Crippen MR) is 103 cm³/mol. The van der Waals surface area contributed by atoms with Gasteiger partial charge < -0.3 is 14.8 Å². The normalized spacial score (nSPS) is 19.1. The van der Waals surface area contributed by atoms with Gasteiger partial charge in [-0.3, -0.25) is 4.90 Å². The Hall–Kier alpha value is -0.960. The largest absolute Gasteiger partial charge is 0.395 e. The van der Waals surface area contributed by atoms with Crippen LogP contribution in [0, 0.1) is 11.8 Å². The summed E-state index contributed by atoms with van der Waals surface area (Å²) < 4.78 is 27.7. The molecule has 0 radical (unpaired) electrons.